The third-order valence-electron chi connectivity index (χ3n) is 3.52. The number of halogens is 2. The quantitative estimate of drug-likeness (QED) is 0.867. The summed E-state index contributed by atoms with van der Waals surface area (Å²) in [4.78, 5) is 12.2. The van der Waals surface area contributed by atoms with Crippen molar-refractivity contribution in [3.63, 3.8) is 0 Å². The van der Waals surface area contributed by atoms with E-state index in [2.05, 4.69) is 5.32 Å². The summed E-state index contributed by atoms with van der Waals surface area (Å²) < 4.78 is 18.7. The number of alkyl halides is 1. The van der Waals surface area contributed by atoms with Crippen molar-refractivity contribution >= 4 is 17.5 Å². The molecule has 0 atom stereocenters. The van der Waals surface area contributed by atoms with E-state index in [-0.39, 0.29) is 11.7 Å². The van der Waals surface area contributed by atoms with Crippen molar-refractivity contribution < 1.29 is 13.9 Å². The molecule has 1 saturated heterocycles. The van der Waals surface area contributed by atoms with Gasteiger partial charge < -0.3 is 10.1 Å². The average Bonchev–Trinajstić information content (AvgIpc) is 2.43. The standard InChI is InChI=1S/C14H17ClFNO2/c1-10-2-3-11(8-12(10)16)13(18)17-14(9-15)4-6-19-7-5-14/h2-3,8H,4-7,9H2,1H3,(H,17,18). The first-order chi connectivity index (χ1) is 9.06. The Labute approximate surface area is 117 Å². The van der Waals surface area contributed by atoms with E-state index < -0.39 is 5.54 Å². The summed E-state index contributed by atoms with van der Waals surface area (Å²) in [5.41, 5.74) is 0.395. The Morgan fingerprint density at radius 3 is 2.74 bits per heavy atom. The number of ether oxygens (including phenoxy) is 1. The third-order valence-corrected chi connectivity index (χ3v) is 4.03. The van der Waals surface area contributed by atoms with Gasteiger partial charge in [0.15, 0.2) is 0 Å². The first-order valence-electron chi connectivity index (χ1n) is 6.29. The lowest BCUT2D eigenvalue weighted by molar-refractivity contribution is 0.0433. The molecule has 1 heterocycles. The van der Waals surface area contributed by atoms with Crippen LogP contribution in [0.3, 0.4) is 0 Å². The molecule has 1 fully saturated rings. The second-order valence-electron chi connectivity index (χ2n) is 4.94. The Morgan fingerprint density at radius 1 is 1.47 bits per heavy atom. The number of hydrogen-bond donors (Lipinski definition) is 1. The molecule has 1 amide bonds. The van der Waals surface area contributed by atoms with Crippen LogP contribution in [0.25, 0.3) is 0 Å². The minimum Gasteiger partial charge on any atom is -0.381 e. The molecule has 0 spiro atoms. The molecule has 1 aromatic carbocycles. The highest BCUT2D eigenvalue weighted by Crippen LogP contribution is 2.23. The van der Waals surface area contributed by atoms with Gasteiger partial charge in [0.05, 0.1) is 5.54 Å². The average molecular weight is 286 g/mol. The van der Waals surface area contributed by atoms with E-state index in [1.165, 1.54) is 6.07 Å². The van der Waals surface area contributed by atoms with E-state index in [1.54, 1.807) is 19.1 Å². The second kappa shape index (κ2) is 5.88. The molecular formula is C14H17ClFNO2. The lowest BCUT2D eigenvalue weighted by atomic mass is 9.91. The van der Waals surface area contributed by atoms with Crippen LogP contribution in [0.15, 0.2) is 18.2 Å². The van der Waals surface area contributed by atoms with Crippen LogP contribution in [0.2, 0.25) is 0 Å². The molecule has 0 aliphatic carbocycles. The van der Waals surface area contributed by atoms with Gasteiger partial charge in [0, 0.05) is 24.7 Å². The fourth-order valence-corrected chi connectivity index (χ4v) is 2.44. The maximum atomic E-state index is 13.5. The maximum absolute atomic E-state index is 13.5. The third kappa shape index (κ3) is 3.25. The van der Waals surface area contributed by atoms with Crippen molar-refractivity contribution in [3.8, 4) is 0 Å². The normalized spacial score (nSPS) is 18.1. The number of nitrogens with one attached hydrogen (secondary N) is 1. The molecule has 1 aliphatic rings. The van der Waals surface area contributed by atoms with E-state index in [1.807, 2.05) is 0 Å². The SMILES string of the molecule is Cc1ccc(C(=O)NC2(CCl)CCOCC2)cc1F. The largest absolute Gasteiger partial charge is 0.381 e. The summed E-state index contributed by atoms with van der Waals surface area (Å²) in [6.45, 7) is 2.82. The van der Waals surface area contributed by atoms with Crippen molar-refractivity contribution in [1.29, 1.82) is 0 Å². The van der Waals surface area contributed by atoms with Crippen molar-refractivity contribution in [1.82, 2.24) is 5.32 Å². The number of rotatable bonds is 3. The number of carbonyl (C=O) groups excluding carboxylic acids is 1. The fraction of sp³-hybridized carbons (Fsp3) is 0.500. The molecule has 2 rings (SSSR count). The first-order valence-corrected chi connectivity index (χ1v) is 6.82. The summed E-state index contributed by atoms with van der Waals surface area (Å²) in [7, 11) is 0. The maximum Gasteiger partial charge on any atom is 0.251 e. The van der Waals surface area contributed by atoms with Crippen LogP contribution in [-0.2, 0) is 4.74 Å². The first kappa shape index (κ1) is 14.3. The summed E-state index contributed by atoms with van der Waals surface area (Å²) in [6.07, 6.45) is 1.35. The van der Waals surface area contributed by atoms with E-state index in [9.17, 15) is 9.18 Å². The molecule has 5 heteroatoms. The number of aryl methyl sites for hydroxylation is 1. The van der Waals surface area contributed by atoms with Gasteiger partial charge >= 0.3 is 0 Å². The van der Waals surface area contributed by atoms with Gasteiger partial charge in [-0.25, -0.2) is 4.39 Å². The molecule has 3 nitrogen and oxygen atoms in total. The molecule has 0 aromatic heterocycles. The van der Waals surface area contributed by atoms with E-state index in [0.717, 1.165) is 0 Å². The summed E-state index contributed by atoms with van der Waals surface area (Å²) in [5.74, 6) is -0.336. The van der Waals surface area contributed by atoms with Crippen LogP contribution in [0.1, 0.15) is 28.8 Å². The monoisotopic (exact) mass is 285 g/mol. The molecule has 0 unspecified atom stereocenters. The van der Waals surface area contributed by atoms with Crippen molar-refractivity contribution in [2.24, 2.45) is 0 Å². The van der Waals surface area contributed by atoms with Crippen LogP contribution in [0.5, 0.6) is 0 Å². The molecule has 1 N–H and O–H groups in total. The Kier molecular flexibility index (Phi) is 4.42. The minimum atomic E-state index is -0.446. The molecule has 1 aliphatic heterocycles. The molecule has 0 bridgehead atoms. The highest BCUT2D eigenvalue weighted by Gasteiger charge is 2.33. The van der Waals surface area contributed by atoms with E-state index >= 15 is 0 Å². The van der Waals surface area contributed by atoms with E-state index in [4.69, 9.17) is 16.3 Å². The fourth-order valence-electron chi connectivity index (χ4n) is 2.10. The Morgan fingerprint density at radius 2 is 2.16 bits per heavy atom. The van der Waals surface area contributed by atoms with Gasteiger partial charge in [-0.1, -0.05) is 6.07 Å². The second-order valence-corrected chi connectivity index (χ2v) is 5.21. The molecular weight excluding hydrogens is 269 g/mol. The van der Waals surface area contributed by atoms with Gasteiger partial charge in [-0.2, -0.15) is 0 Å². The van der Waals surface area contributed by atoms with Gasteiger partial charge in [0.25, 0.3) is 5.91 Å². The molecule has 0 saturated carbocycles. The number of benzene rings is 1. The van der Waals surface area contributed by atoms with Crippen molar-refractivity contribution in [3.05, 3.63) is 35.1 Å². The van der Waals surface area contributed by atoms with E-state index in [0.29, 0.717) is 43.1 Å². The summed E-state index contributed by atoms with van der Waals surface area (Å²) in [5, 5.41) is 2.93. The minimum absolute atomic E-state index is 0.290. The molecule has 1 aromatic rings. The zero-order valence-electron chi connectivity index (χ0n) is 10.8. The van der Waals surface area contributed by atoms with Crippen LogP contribution in [-0.4, -0.2) is 30.5 Å². The van der Waals surface area contributed by atoms with Crippen LogP contribution in [0, 0.1) is 12.7 Å². The highest BCUT2D eigenvalue weighted by atomic mass is 35.5. The molecule has 104 valence electrons. The van der Waals surface area contributed by atoms with Gasteiger partial charge in [-0.05, 0) is 37.5 Å². The van der Waals surface area contributed by atoms with Gasteiger partial charge in [0.2, 0.25) is 0 Å². The number of amides is 1. The van der Waals surface area contributed by atoms with Crippen LogP contribution < -0.4 is 5.32 Å². The smallest absolute Gasteiger partial charge is 0.251 e. The lowest BCUT2D eigenvalue weighted by Gasteiger charge is -2.36. The highest BCUT2D eigenvalue weighted by molar-refractivity contribution is 6.19. The number of hydrogen-bond acceptors (Lipinski definition) is 2. The summed E-state index contributed by atoms with van der Waals surface area (Å²) >= 11 is 5.98. The van der Waals surface area contributed by atoms with Crippen molar-refractivity contribution in [2.75, 3.05) is 19.1 Å². The van der Waals surface area contributed by atoms with Crippen LogP contribution >= 0.6 is 11.6 Å². The topological polar surface area (TPSA) is 38.3 Å². The van der Waals surface area contributed by atoms with Gasteiger partial charge in [0.1, 0.15) is 5.82 Å². The van der Waals surface area contributed by atoms with Crippen molar-refractivity contribution in [2.45, 2.75) is 25.3 Å². The Balaban J connectivity index is 2.12. The molecule has 0 radical (unpaired) electrons. The zero-order chi connectivity index (χ0) is 13.9. The molecule has 19 heavy (non-hydrogen) atoms. The summed E-state index contributed by atoms with van der Waals surface area (Å²) in [6, 6.07) is 4.47. The predicted octanol–water partition coefficient (Wildman–Crippen LogP) is 2.65. The number of carbonyl (C=O) groups is 1. The zero-order valence-corrected chi connectivity index (χ0v) is 11.6. The Hall–Kier alpha value is -1.13. The van der Waals surface area contributed by atoms with Gasteiger partial charge in [-0.3, -0.25) is 4.79 Å². The van der Waals surface area contributed by atoms with Crippen LogP contribution in [0.4, 0.5) is 4.39 Å². The Bertz CT molecular complexity index is 473. The predicted molar refractivity (Wildman–Crippen MR) is 72.1 cm³/mol. The van der Waals surface area contributed by atoms with Gasteiger partial charge in [-0.15, -0.1) is 11.6 Å². The lowest BCUT2D eigenvalue weighted by Crippen LogP contribution is -2.53.